The van der Waals surface area contributed by atoms with E-state index in [-0.39, 0.29) is 0 Å². The molecule has 16 heavy (non-hydrogen) atoms. The monoisotopic (exact) mass is 213 g/mol. The first-order valence-corrected chi connectivity index (χ1v) is 4.66. The molecule has 0 spiro atoms. The maximum atomic E-state index is 9.10. The van der Waals surface area contributed by atoms with Gasteiger partial charge in [-0.15, -0.1) is 0 Å². The van der Waals surface area contributed by atoms with Crippen molar-refractivity contribution in [2.75, 3.05) is 0 Å². The Hall–Kier alpha value is -2.38. The molecule has 0 saturated heterocycles. The normalized spacial score (nSPS) is 8.50. The molecule has 0 heterocycles. The van der Waals surface area contributed by atoms with Crippen molar-refractivity contribution < 1.29 is 9.90 Å². The Labute approximate surface area is 93.5 Å². The van der Waals surface area contributed by atoms with E-state index in [2.05, 4.69) is 0 Å². The van der Waals surface area contributed by atoms with Crippen LogP contribution in [0.2, 0.25) is 0 Å². The van der Waals surface area contributed by atoms with E-state index in [1.807, 2.05) is 42.5 Å². The first kappa shape index (κ1) is 11.7. The Balaban J connectivity index is 0.000000386. The molecule has 0 bridgehead atoms. The third-order valence-corrected chi connectivity index (χ3v) is 1.97. The van der Waals surface area contributed by atoms with E-state index in [0.29, 0.717) is 5.75 Å². The van der Waals surface area contributed by atoms with Gasteiger partial charge in [0.15, 0.2) is 0 Å². The number of phenols is 1. The number of isocyanates is 1. The predicted molar refractivity (Wildman–Crippen MR) is 62.0 cm³/mol. The van der Waals surface area contributed by atoms with Gasteiger partial charge in [0.2, 0.25) is 6.08 Å². The summed E-state index contributed by atoms with van der Waals surface area (Å²) in [5, 5.41) is 14.5. The lowest BCUT2D eigenvalue weighted by Gasteiger charge is -2.00. The molecule has 0 amide bonds. The van der Waals surface area contributed by atoms with E-state index in [1.54, 1.807) is 12.1 Å². The van der Waals surface area contributed by atoms with Gasteiger partial charge in [0, 0.05) is 0 Å². The number of rotatable bonds is 1. The van der Waals surface area contributed by atoms with Gasteiger partial charge in [-0.25, -0.2) is 10.2 Å². The molecule has 3 heteroatoms. The highest BCUT2D eigenvalue weighted by atomic mass is 16.3. The molecule has 80 valence electrons. The van der Waals surface area contributed by atoms with Crippen molar-refractivity contribution in [1.82, 2.24) is 0 Å². The van der Waals surface area contributed by atoms with Crippen molar-refractivity contribution in [3.63, 3.8) is 0 Å². The molecule has 0 radical (unpaired) electrons. The van der Waals surface area contributed by atoms with Crippen LogP contribution in [0.4, 0.5) is 0 Å². The number of hydrogen-bond donors (Lipinski definition) is 2. The van der Waals surface area contributed by atoms with Gasteiger partial charge in [-0.1, -0.05) is 42.5 Å². The fraction of sp³-hybridized carbons (Fsp3) is 0. The molecule has 0 atom stereocenters. The SMILES string of the molecule is N=C=O.Oc1ccc(-c2ccccc2)cc1. The second-order valence-corrected chi connectivity index (χ2v) is 3.01. The molecule has 0 unspecified atom stereocenters. The molecule has 0 saturated carbocycles. The van der Waals surface area contributed by atoms with E-state index in [0.717, 1.165) is 11.6 Å². The summed E-state index contributed by atoms with van der Waals surface area (Å²) in [6.07, 6.45) is 0.750. The zero-order chi connectivity index (χ0) is 11.8. The van der Waals surface area contributed by atoms with E-state index in [9.17, 15) is 0 Å². The van der Waals surface area contributed by atoms with Gasteiger partial charge < -0.3 is 5.11 Å². The minimum Gasteiger partial charge on any atom is -0.508 e. The Bertz CT molecular complexity index is 457. The minimum absolute atomic E-state index is 0.305. The van der Waals surface area contributed by atoms with Crippen LogP contribution < -0.4 is 0 Å². The number of phenolic OH excluding ortho intramolecular Hbond substituents is 1. The van der Waals surface area contributed by atoms with Crippen molar-refractivity contribution in [1.29, 1.82) is 5.41 Å². The topological polar surface area (TPSA) is 61.2 Å². The number of aromatic hydroxyl groups is 1. The summed E-state index contributed by atoms with van der Waals surface area (Å²) >= 11 is 0. The van der Waals surface area contributed by atoms with E-state index >= 15 is 0 Å². The molecule has 3 nitrogen and oxygen atoms in total. The first-order valence-electron chi connectivity index (χ1n) is 4.66. The van der Waals surface area contributed by atoms with Crippen LogP contribution in [0, 0.1) is 5.41 Å². The largest absolute Gasteiger partial charge is 0.508 e. The van der Waals surface area contributed by atoms with Crippen LogP contribution in [-0.2, 0) is 4.79 Å². The standard InChI is InChI=1S/C12H10O.CHNO/c13-12-8-6-11(7-9-12)10-4-2-1-3-5-10;2-1-3/h1-9,13H;2H. The Morgan fingerprint density at radius 2 is 1.31 bits per heavy atom. The quantitative estimate of drug-likeness (QED) is 0.565. The van der Waals surface area contributed by atoms with Crippen LogP contribution in [0.25, 0.3) is 11.1 Å². The summed E-state index contributed by atoms with van der Waals surface area (Å²) in [7, 11) is 0. The lowest BCUT2D eigenvalue weighted by atomic mass is 10.1. The highest BCUT2D eigenvalue weighted by Crippen LogP contribution is 2.20. The van der Waals surface area contributed by atoms with Gasteiger partial charge >= 0.3 is 0 Å². The lowest BCUT2D eigenvalue weighted by Crippen LogP contribution is -1.74. The maximum Gasteiger partial charge on any atom is 0.231 e. The fourth-order valence-electron chi connectivity index (χ4n) is 1.28. The molecule has 0 aromatic heterocycles. The summed E-state index contributed by atoms with van der Waals surface area (Å²) in [5.41, 5.74) is 2.29. The van der Waals surface area contributed by atoms with Gasteiger partial charge in [0.05, 0.1) is 0 Å². The maximum absolute atomic E-state index is 9.10. The first-order chi connectivity index (χ1) is 7.77. The fourth-order valence-corrected chi connectivity index (χ4v) is 1.28. The highest BCUT2D eigenvalue weighted by Gasteiger charge is 1.94. The molecule has 2 N–H and O–H groups in total. The van der Waals surface area contributed by atoms with Crippen molar-refractivity contribution in [2.45, 2.75) is 0 Å². The number of nitrogens with one attached hydrogen (secondary N) is 1. The predicted octanol–water partition coefficient (Wildman–Crippen LogP) is 2.96. The molecule has 2 aromatic rings. The van der Waals surface area contributed by atoms with Crippen LogP contribution in [0.1, 0.15) is 0 Å². The van der Waals surface area contributed by atoms with Crippen molar-refractivity contribution in [2.24, 2.45) is 0 Å². The summed E-state index contributed by atoms with van der Waals surface area (Å²) in [4.78, 5) is 8.35. The minimum atomic E-state index is 0.305. The Kier molecular flexibility index (Phi) is 4.51. The van der Waals surface area contributed by atoms with Gasteiger partial charge in [-0.05, 0) is 23.3 Å². The molecule has 0 aliphatic rings. The second kappa shape index (κ2) is 6.17. The van der Waals surface area contributed by atoms with Crippen molar-refractivity contribution in [3.8, 4) is 16.9 Å². The highest BCUT2D eigenvalue weighted by molar-refractivity contribution is 5.63. The number of hydrogen-bond acceptors (Lipinski definition) is 3. The van der Waals surface area contributed by atoms with Crippen LogP contribution in [0.3, 0.4) is 0 Å². The van der Waals surface area contributed by atoms with Gasteiger partial charge in [-0.2, -0.15) is 0 Å². The zero-order valence-electron chi connectivity index (χ0n) is 8.55. The van der Waals surface area contributed by atoms with Gasteiger partial charge in [0.25, 0.3) is 0 Å². The van der Waals surface area contributed by atoms with Crippen LogP contribution in [0.5, 0.6) is 5.75 Å². The molecule has 2 rings (SSSR count). The molecule has 0 aliphatic heterocycles. The van der Waals surface area contributed by atoms with Crippen molar-refractivity contribution >= 4 is 6.08 Å². The molecular formula is C13H11NO2. The lowest BCUT2D eigenvalue weighted by molar-refractivity contribution is 0.475. The zero-order valence-corrected chi connectivity index (χ0v) is 8.55. The summed E-state index contributed by atoms with van der Waals surface area (Å²) in [5.74, 6) is 0.305. The van der Waals surface area contributed by atoms with E-state index in [4.69, 9.17) is 15.3 Å². The van der Waals surface area contributed by atoms with E-state index in [1.165, 1.54) is 5.56 Å². The Morgan fingerprint density at radius 3 is 1.81 bits per heavy atom. The van der Waals surface area contributed by atoms with Gasteiger partial charge in [0.1, 0.15) is 5.75 Å². The summed E-state index contributed by atoms with van der Waals surface area (Å²) in [6, 6.07) is 17.3. The van der Waals surface area contributed by atoms with Gasteiger partial charge in [-0.3, -0.25) is 0 Å². The smallest absolute Gasteiger partial charge is 0.231 e. The molecule has 0 aliphatic carbocycles. The number of carbonyl (C=O) groups excluding carboxylic acids is 1. The van der Waals surface area contributed by atoms with Crippen LogP contribution in [0.15, 0.2) is 54.6 Å². The number of benzene rings is 2. The summed E-state index contributed by atoms with van der Waals surface area (Å²) in [6.45, 7) is 0. The molecule has 0 fully saturated rings. The van der Waals surface area contributed by atoms with Crippen LogP contribution >= 0.6 is 0 Å². The molecule has 2 aromatic carbocycles. The van der Waals surface area contributed by atoms with Crippen molar-refractivity contribution in [3.05, 3.63) is 54.6 Å². The van der Waals surface area contributed by atoms with Crippen LogP contribution in [-0.4, -0.2) is 11.2 Å². The average Bonchev–Trinajstić information content (AvgIpc) is 2.32. The molecular weight excluding hydrogens is 202 g/mol. The third kappa shape index (κ3) is 3.40. The second-order valence-electron chi connectivity index (χ2n) is 3.01. The average molecular weight is 213 g/mol. The Morgan fingerprint density at radius 1 is 0.875 bits per heavy atom. The van der Waals surface area contributed by atoms with E-state index < -0.39 is 0 Å². The summed E-state index contributed by atoms with van der Waals surface area (Å²) < 4.78 is 0. The third-order valence-electron chi connectivity index (χ3n) is 1.97.